The maximum atomic E-state index is 11.1. The second kappa shape index (κ2) is 6.62. The fraction of sp³-hybridized carbons (Fsp3) is 0.750. The summed E-state index contributed by atoms with van der Waals surface area (Å²) in [5, 5.41) is 6.01. The fourth-order valence-electron chi connectivity index (χ4n) is 1.90. The highest BCUT2D eigenvalue weighted by Crippen LogP contribution is 2.19. The average molecular weight is 210 g/mol. The molecule has 1 atom stereocenters. The molecule has 0 radical (unpaired) electrons. The molecule has 1 unspecified atom stereocenters. The van der Waals surface area contributed by atoms with Gasteiger partial charge >= 0.3 is 0 Å². The lowest BCUT2D eigenvalue weighted by Crippen LogP contribution is -2.33. The first kappa shape index (κ1) is 12.2. The van der Waals surface area contributed by atoms with Crippen LogP contribution in [0, 0.1) is 0 Å². The van der Waals surface area contributed by atoms with E-state index in [4.69, 9.17) is 0 Å². The summed E-state index contributed by atoms with van der Waals surface area (Å²) in [6.45, 7) is 3.04. The van der Waals surface area contributed by atoms with Crippen LogP contribution in [0.1, 0.15) is 39.0 Å². The summed E-state index contributed by atoms with van der Waals surface area (Å²) in [7, 11) is 1.68. The summed E-state index contributed by atoms with van der Waals surface area (Å²) in [5.74, 6) is 0.107. The third kappa shape index (κ3) is 4.98. The monoisotopic (exact) mass is 210 g/mol. The lowest BCUT2D eigenvalue weighted by Gasteiger charge is -2.12. The highest BCUT2D eigenvalue weighted by molar-refractivity contribution is 5.76. The standard InChI is InChI=1S/C12H22N2O/c1-10(9-12(15)13-2)14-8-7-11-5-3-4-6-11/h5,10,14H,3-4,6-9H2,1-2H3,(H,13,15). The van der Waals surface area contributed by atoms with Crippen LogP contribution in [0.15, 0.2) is 11.6 Å². The quantitative estimate of drug-likeness (QED) is 0.654. The van der Waals surface area contributed by atoms with Gasteiger partial charge < -0.3 is 10.6 Å². The van der Waals surface area contributed by atoms with Gasteiger partial charge in [0, 0.05) is 19.5 Å². The van der Waals surface area contributed by atoms with Gasteiger partial charge in [-0.05, 0) is 39.2 Å². The molecule has 0 aromatic heterocycles. The van der Waals surface area contributed by atoms with Gasteiger partial charge in [-0.1, -0.05) is 11.6 Å². The number of hydrogen-bond donors (Lipinski definition) is 2. The van der Waals surface area contributed by atoms with Crippen LogP contribution < -0.4 is 10.6 Å². The number of nitrogens with one attached hydrogen (secondary N) is 2. The largest absolute Gasteiger partial charge is 0.359 e. The molecule has 0 saturated carbocycles. The Hall–Kier alpha value is -0.830. The smallest absolute Gasteiger partial charge is 0.221 e. The van der Waals surface area contributed by atoms with Crippen LogP contribution in [-0.4, -0.2) is 25.5 Å². The van der Waals surface area contributed by atoms with E-state index in [0.29, 0.717) is 6.42 Å². The van der Waals surface area contributed by atoms with Crippen LogP contribution in [0.5, 0.6) is 0 Å². The van der Waals surface area contributed by atoms with E-state index in [1.807, 2.05) is 0 Å². The SMILES string of the molecule is CNC(=O)CC(C)NCCC1=CCCC1. The summed E-state index contributed by atoms with van der Waals surface area (Å²) in [5.41, 5.74) is 1.58. The Labute approximate surface area is 92.3 Å². The average Bonchev–Trinajstić information content (AvgIpc) is 2.70. The van der Waals surface area contributed by atoms with Crippen molar-refractivity contribution in [2.75, 3.05) is 13.6 Å². The molecule has 1 aliphatic rings. The van der Waals surface area contributed by atoms with Crippen LogP contribution in [-0.2, 0) is 4.79 Å². The molecule has 0 spiro atoms. The molecule has 0 saturated heterocycles. The number of carbonyl (C=O) groups excluding carboxylic acids is 1. The van der Waals surface area contributed by atoms with E-state index in [1.54, 1.807) is 12.6 Å². The van der Waals surface area contributed by atoms with Crippen LogP contribution >= 0.6 is 0 Å². The second-order valence-electron chi connectivity index (χ2n) is 4.24. The molecule has 3 heteroatoms. The van der Waals surface area contributed by atoms with Crippen molar-refractivity contribution in [3.63, 3.8) is 0 Å². The molecule has 0 aromatic rings. The number of hydrogen-bond acceptors (Lipinski definition) is 2. The predicted octanol–water partition coefficient (Wildman–Crippen LogP) is 1.60. The molecule has 0 aliphatic heterocycles. The summed E-state index contributed by atoms with van der Waals surface area (Å²) < 4.78 is 0. The van der Waals surface area contributed by atoms with Crippen molar-refractivity contribution in [1.29, 1.82) is 0 Å². The highest BCUT2D eigenvalue weighted by Gasteiger charge is 2.08. The molecular formula is C12H22N2O. The van der Waals surface area contributed by atoms with Gasteiger partial charge in [-0.2, -0.15) is 0 Å². The number of rotatable bonds is 6. The molecule has 0 fully saturated rings. The molecule has 1 rings (SSSR count). The van der Waals surface area contributed by atoms with Crippen LogP contribution in [0.3, 0.4) is 0 Å². The Morgan fingerprint density at radius 3 is 3.00 bits per heavy atom. The molecule has 1 aliphatic carbocycles. The van der Waals surface area contributed by atoms with E-state index in [1.165, 1.54) is 19.3 Å². The van der Waals surface area contributed by atoms with Crippen LogP contribution in [0.2, 0.25) is 0 Å². The summed E-state index contributed by atoms with van der Waals surface area (Å²) in [6, 6.07) is 0.270. The Balaban J connectivity index is 2.06. The minimum atomic E-state index is 0.107. The molecule has 1 amide bonds. The molecule has 3 nitrogen and oxygen atoms in total. The molecule has 15 heavy (non-hydrogen) atoms. The maximum Gasteiger partial charge on any atom is 0.221 e. The van der Waals surface area contributed by atoms with Gasteiger partial charge in [0.25, 0.3) is 0 Å². The first-order valence-corrected chi connectivity index (χ1v) is 5.84. The lowest BCUT2D eigenvalue weighted by atomic mass is 10.1. The zero-order valence-corrected chi connectivity index (χ0v) is 9.81. The maximum absolute atomic E-state index is 11.1. The van der Waals surface area contributed by atoms with E-state index >= 15 is 0 Å². The van der Waals surface area contributed by atoms with Crippen molar-refractivity contribution in [1.82, 2.24) is 10.6 Å². The van der Waals surface area contributed by atoms with Gasteiger partial charge in [0.2, 0.25) is 5.91 Å². The molecular weight excluding hydrogens is 188 g/mol. The fourth-order valence-corrected chi connectivity index (χ4v) is 1.90. The first-order chi connectivity index (χ1) is 7.22. The molecule has 86 valence electrons. The zero-order valence-electron chi connectivity index (χ0n) is 9.81. The van der Waals surface area contributed by atoms with Gasteiger partial charge in [0.15, 0.2) is 0 Å². The van der Waals surface area contributed by atoms with Crippen molar-refractivity contribution < 1.29 is 4.79 Å². The van der Waals surface area contributed by atoms with Gasteiger partial charge in [-0.25, -0.2) is 0 Å². The molecule has 2 N–H and O–H groups in total. The Morgan fingerprint density at radius 1 is 1.60 bits per heavy atom. The van der Waals surface area contributed by atoms with Crippen LogP contribution in [0.4, 0.5) is 0 Å². The van der Waals surface area contributed by atoms with Gasteiger partial charge in [-0.15, -0.1) is 0 Å². The Bertz CT molecular complexity index is 236. The third-order valence-electron chi connectivity index (χ3n) is 2.84. The number of carbonyl (C=O) groups is 1. The van der Waals surface area contributed by atoms with E-state index in [9.17, 15) is 4.79 Å². The molecule has 0 heterocycles. The lowest BCUT2D eigenvalue weighted by molar-refractivity contribution is -0.121. The van der Waals surface area contributed by atoms with Gasteiger partial charge in [0.05, 0.1) is 0 Å². The Kier molecular flexibility index (Phi) is 5.40. The van der Waals surface area contributed by atoms with Gasteiger partial charge in [0.1, 0.15) is 0 Å². The summed E-state index contributed by atoms with van der Waals surface area (Å²) >= 11 is 0. The minimum absolute atomic E-state index is 0.107. The van der Waals surface area contributed by atoms with Crippen molar-refractivity contribution in [2.45, 2.75) is 45.1 Å². The highest BCUT2D eigenvalue weighted by atomic mass is 16.1. The van der Waals surface area contributed by atoms with Crippen molar-refractivity contribution in [2.24, 2.45) is 0 Å². The normalized spacial score (nSPS) is 17.3. The van der Waals surface area contributed by atoms with E-state index in [2.05, 4.69) is 23.6 Å². The van der Waals surface area contributed by atoms with Gasteiger partial charge in [-0.3, -0.25) is 4.79 Å². The van der Waals surface area contributed by atoms with E-state index in [-0.39, 0.29) is 11.9 Å². The minimum Gasteiger partial charge on any atom is -0.359 e. The number of allylic oxidation sites excluding steroid dienone is 1. The first-order valence-electron chi connectivity index (χ1n) is 5.84. The van der Waals surface area contributed by atoms with E-state index < -0.39 is 0 Å². The van der Waals surface area contributed by atoms with E-state index in [0.717, 1.165) is 13.0 Å². The molecule has 0 aromatic carbocycles. The Morgan fingerprint density at radius 2 is 2.40 bits per heavy atom. The topological polar surface area (TPSA) is 41.1 Å². The molecule has 0 bridgehead atoms. The number of amides is 1. The van der Waals surface area contributed by atoms with Crippen LogP contribution in [0.25, 0.3) is 0 Å². The second-order valence-corrected chi connectivity index (χ2v) is 4.24. The zero-order chi connectivity index (χ0) is 11.1. The van der Waals surface area contributed by atoms with Crippen molar-refractivity contribution in [3.05, 3.63) is 11.6 Å². The van der Waals surface area contributed by atoms with Crippen molar-refractivity contribution in [3.8, 4) is 0 Å². The van der Waals surface area contributed by atoms with Crippen molar-refractivity contribution >= 4 is 5.91 Å². The summed E-state index contributed by atoms with van der Waals surface area (Å²) in [6.07, 6.45) is 7.90. The predicted molar refractivity (Wildman–Crippen MR) is 62.7 cm³/mol. The summed E-state index contributed by atoms with van der Waals surface area (Å²) in [4.78, 5) is 11.1. The third-order valence-corrected chi connectivity index (χ3v) is 2.84.